The number of aromatic amines is 1. The predicted molar refractivity (Wildman–Crippen MR) is 73.6 cm³/mol. The Bertz CT molecular complexity index is 539. The van der Waals surface area contributed by atoms with E-state index in [1.165, 1.54) is 6.20 Å². The molecule has 0 aliphatic heterocycles. The van der Waals surface area contributed by atoms with Gasteiger partial charge in [-0.2, -0.15) is 4.31 Å². The van der Waals surface area contributed by atoms with Crippen LogP contribution in [0.4, 0.5) is 0 Å². The number of hydrogen-bond acceptors (Lipinski definition) is 5. The molecular formula is C12H21N3O4S. The molecular weight excluding hydrogens is 282 g/mol. The Balaban J connectivity index is 2.96. The molecule has 0 amide bonds. The minimum absolute atomic E-state index is 0.00657. The second-order valence-corrected chi connectivity index (χ2v) is 6.10. The smallest absolute Gasteiger partial charge is 0.321 e. The van der Waals surface area contributed by atoms with E-state index in [9.17, 15) is 13.2 Å². The zero-order valence-electron chi connectivity index (χ0n) is 12.0. The van der Waals surface area contributed by atoms with Crippen molar-refractivity contribution in [1.29, 1.82) is 0 Å². The highest BCUT2D eigenvalue weighted by atomic mass is 32.2. The summed E-state index contributed by atoms with van der Waals surface area (Å²) in [5.41, 5.74) is 0. The van der Waals surface area contributed by atoms with E-state index in [0.717, 1.165) is 4.31 Å². The van der Waals surface area contributed by atoms with Gasteiger partial charge in [-0.1, -0.05) is 13.8 Å². The Morgan fingerprint density at radius 3 is 2.60 bits per heavy atom. The van der Waals surface area contributed by atoms with Crippen LogP contribution < -0.4 is 0 Å². The molecule has 0 radical (unpaired) electrons. The zero-order valence-corrected chi connectivity index (χ0v) is 12.9. The van der Waals surface area contributed by atoms with Crippen LogP contribution in [0.5, 0.6) is 0 Å². The van der Waals surface area contributed by atoms with Gasteiger partial charge >= 0.3 is 5.97 Å². The molecule has 0 saturated carbocycles. The average molecular weight is 303 g/mol. The van der Waals surface area contributed by atoms with E-state index in [1.807, 2.05) is 13.8 Å². The summed E-state index contributed by atoms with van der Waals surface area (Å²) in [6.07, 6.45) is 2.50. The second-order valence-electron chi connectivity index (χ2n) is 4.19. The number of imidazole rings is 1. The number of hydrogen-bond donors (Lipinski definition) is 1. The maximum Gasteiger partial charge on any atom is 0.321 e. The van der Waals surface area contributed by atoms with E-state index in [1.54, 1.807) is 6.92 Å². The molecule has 1 aromatic heterocycles. The van der Waals surface area contributed by atoms with E-state index in [2.05, 4.69) is 9.97 Å². The summed E-state index contributed by atoms with van der Waals surface area (Å²) in [4.78, 5) is 18.2. The molecule has 114 valence electrons. The van der Waals surface area contributed by atoms with Crippen molar-refractivity contribution in [1.82, 2.24) is 14.3 Å². The van der Waals surface area contributed by atoms with Crippen molar-refractivity contribution < 1.29 is 17.9 Å². The highest BCUT2D eigenvalue weighted by Crippen LogP contribution is 2.14. The van der Waals surface area contributed by atoms with E-state index >= 15 is 0 Å². The van der Waals surface area contributed by atoms with Crippen molar-refractivity contribution in [2.75, 3.05) is 19.7 Å². The minimum atomic E-state index is -3.75. The van der Waals surface area contributed by atoms with E-state index in [0.29, 0.717) is 18.7 Å². The second kappa shape index (κ2) is 7.39. The first kappa shape index (κ1) is 16.6. The Labute approximate surface area is 119 Å². The van der Waals surface area contributed by atoms with Gasteiger partial charge < -0.3 is 9.72 Å². The third-order valence-corrected chi connectivity index (χ3v) is 4.40. The largest absolute Gasteiger partial charge is 0.465 e. The normalized spacial score (nSPS) is 11.8. The van der Waals surface area contributed by atoms with E-state index in [-0.39, 0.29) is 24.7 Å². The van der Waals surface area contributed by atoms with Gasteiger partial charge in [0.05, 0.1) is 12.8 Å². The summed E-state index contributed by atoms with van der Waals surface area (Å²) in [5, 5.41) is 0.00657. The summed E-state index contributed by atoms with van der Waals surface area (Å²) in [7, 11) is -3.75. The number of nitrogens with zero attached hydrogens (tertiary/aromatic N) is 2. The molecule has 7 nitrogen and oxygen atoms in total. The van der Waals surface area contributed by atoms with Crippen LogP contribution in [-0.2, 0) is 26.0 Å². The van der Waals surface area contributed by atoms with E-state index < -0.39 is 16.0 Å². The predicted octanol–water partition coefficient (Wildman–Crippen LogP) is 0.936. The number of esters is 1. The van der Waals surface area contributed by atoms with Crippen molar-refractivity contribution >= 4 is 16.0 Å². The van der Waals surface area contributed by atoms with Crippen molar-refractivity contribution in [3.8, 4) is 0 Å². The van der Waals surface area contributed by atoms with Crippen LogP contribution in [0, 0.1) is 0 Å². The van der Waals surface area contributed by atoms with Gasteiger partial charge in [-0.05, 0) is 13.3 Å². The van der Waals surface area contributed by atoms with E-state index in [4.69, 9.17) is 4.74 Å². The number of carbonyl (C=O) groups is 1. The molecule has 1 rings (SSSR count). The topological polar surface area (TPSA) is 92.4 Å². The van der Waals surface area contributed by atoms with Gasteiger partial charge in [-0.25, -0.2) is 13.4 Å². The van der Waals surface area contributed by atoms with Gasteiger partial charge in [0.2, 0.25) is 0 Å². The molecule has 1 N–H and O–H groups in total. The molecule has 0 unspecified atom stereocenters. The van der Waals surface area contributed by atoms with Gasteiger partial charge in [0, 0.05) is 13.0 Å². The fourth-order valence-electron chi connectivity index (χ4n) is 1.68. The van der Waals surface area contributed by atoms with Crippen molar-refractivity contribution in [2.24, 2.45) is 0 Å². The maximum absolute atomic E-state index is 12.4. The third kappa shape index (κ3) is 4.04. The lowest BCUT2D eigenvalue weighted by Crippen LogP contribution is -2.37. The third-order valence-electron chi connectivity index (χ3n) is 2.64. The summed E-state index contributed by atoms with van der Waals surface area (Å²) in [5.74, 6) is 0.0379. The van der Waals surface area contributed by atoms with Crippen LogP contribution >= 0.6 is 0 Å². The minimum Gasteiger partial charge on any atom is -0.465 e. The molecule has 8 heteroatoms. The first-order valence-electron chi connectivity index (χ1n) is 6.65. The molecule has 0 spiro atoms. The van der Waals surface area contributed by atoms with Gasteiger partial charge in [0.1, 0.15) is 12.4 Å². The summed E-state index contributed by atoms with van der Waals surface area (Å²) < 4.78 is 30.8. The van der Waals surface area contributed by atoms with Gasteiger partial charge in [-0.15, -0.1) is 0 Å². The fourth-order valence-corrected chi connectivity index (χ4v) is 3.09. The summed E-state index contributed by atoms with van der Waals surface area (Å²) >= 11 is 0. The lowest BCUT2D eigenvalue weighted by molar-refractivity contribution is -0.143. The van der Waals surface area contributed by atoms with Crippen molar-refractivity contribution in [3.63, 3.8) is 0 Å². The molecule has 0 fully saturated rings. The zero-order chi connectivity index (χ0) is 15.2. The number of aryl methyl sites for hydroxylation is 1. The number of H-pyrrole nitrogens is 1. The number of ether oxygens (including phenoxy) is 1. The molecule has 0 aliphatic carbocycles. The fraction of sp³-hybridized carbons (Fsp3) is 0.667. The quantitative estimate of drug-likeness (QED) is 0.721. The lowest BCUT2D eigenvalue weighted by Gasteiger charge is -2.19. The number of aromatic nitrogens is 2. The monoisotopic (exact) mass is 303 g/mol. The molecule has 1 aromatic rings. The maximum atomic E-state index is 12.4. The summed E-state index contributed by atoms with van der Waals surface area (Å²) in [6, 6.07) is 0. The first-order chi connectivity index (χ1) is 9.45. The van der Waals surface area contributed by atoms with Gasteiger partial charge in [0.25, 0.3) is 10.0 Å². The lowest BCUT2D eigenvalue weighted by atomic mass is 10.5. The van der Waals surface area contributed by atoms with Crippen LogP contribution in [0.3, 0.4) is 0 Å². The number of rotatable bonds is 8. The average Bonchev–Trinajstić information content (AvgIpc) is 2.88. The van der Waals surface area contributed by atoms with Crippen LogP contribution in [0.1, 0.15) is 33.0 Å². The first-order valence-corrected chi connectivity index (χ1v) is 8.09. The van der Waals surface area contributed by atoms with Crippen LogP contribution in [0.25, 0.3) is 0 Å². The number of nitrogens with one attached hydrogen (secondary N) is 1. The van der Waals surface area contributed by atoms with Crippen LogP contribution in [0.15, 0.2) is 11.2 Å². The van der Waals surface area contributed by atoms with Crippen molar-refractivity contribution in [3.05, 3.63) is 12.0 Å². The standard InChI is InChI=1S/C12H21N3O4S/c1-4-7-15(9-12(16)19-6-3)20(17,18)11-8-13-10(5-2)14-11/h8H,4-7,9H2,1-3H3,(H,13,14). The Morgan fingerprint density at radius 2 is 2.10 bits per heavy atom. The molecule has 0 saturated heterocycles. The Hall–Kier alpha value is -1.41. The molecule has 0 aromatic carbocycles. The molecule has 0 bridgehead atoms. The van der Waals surface area contributed by atoms with Gasteiger partial charge in [0.15, 0.2) is 5.03 Å². The molecule has 0 atom stereocenters. The summed E-state index contributed by atoms with van der Waals surface area (Å²) in [6.45, 7) is 5.59. The van der Waals surface area contributed by atoms with Crippen LogP contribution in [0.2, 0.25) is 0 Å². The highest BCUT2D eigenvalue weighted by Gasteiger charge is 2.28. The number of carbonyl (C=O) groups excluding carboxylic acids is 1. The Kier molecular flexibility index (Phi) is 6.15. The van der Waals surface area contributed by atoms with Gasteiger partial charge in [-0.3, -0.25) is 4.79 Å². The molecule has 20 heavy (non-hydrogen) atoms. The van der Waals surface area contributed by atoms with Crippen molar-refractivity contribution in [2.45, 2.75) is 38.6 Å². The number of sulfonamides is 1. The van der Waals surface area contributed by atoms with Crippen LogP contribution in [-0.4, -0.2) is 48.4 Å². The SMILES string of the molecule is CCCN(CC(=O)OCC)S(=O)(=O)c1cnc(CC)[nH]1. The highest BCUT2D eigenvalue weighted by molar-refractivity contribution is 7.89. The molecule has 0 aliphatic rings. The Morgan fingerprint density at radius 1 is 1.40 bits per heavy atom. The molecule has 1 heterocycles.